The number of ether oxygens (including phenoxy) is 1. The third kappa shape index (κ3) is 2.60. The van der Waals surface area contributed by atoms with E-state index in [0.29, 0.717) is 6.04 Å². The predicted molar refractivity (Wildman–Crippen MR) is 65.1 cm³/mol. The topological polar surface area (TPSA) is 38.3 Å². The molecule has 1 amide bonds. The zero-order valence-electron chi connectivity index (χ0n) is 9.87. The van der Waals surface area contributed by atoms with E-state index in [1.54, 1.807) is 0 Å². The van der Waals surface area contributed by atoms with Gasteiger partial charge in [-0.3, -0.25) is 4.79 Å². The highest BCUT2D eigenvalue weighted by Crippen LogP contribution is 2.26. The number of nitrogens with one attached hydrogen (secondary N) is 1. The summed E-state index contributed by atoms with van der Waals surface area (Å²) in [6.07, 6.45) is 5.79. The lowest BCUT2D eigenvalue weighted by Crippen LogP contribution is -2.30. The van der Waals surface area contributed by atoms with Gasteiger partial charge in [0.1, 0.15) is 5.75 Å². The van der Waals surface area contributed by atoms with Gasteiger partial charge in [0.2, 0.25) is 0 Å². The molecule has 0 spiro atoms. The lowest BCUT2D eigenvalue weighted by molar-refractivity contribution is -0.123. The highest BCUT2D eigenvalue weighted by Gasteiger charge is 2.23. The van der Waals surface area contributed by atoms with Crippen LogP contribution in [0.1, 0.15) is 30.4 Å². The van der Waals surface area contributed by atoms with E-state index < -0.39 is 0 Å². The van der Waals surface area contributed by atoms with E-state index in [1.165, 1.54) is 24.0 Å². The summed E-state index contributed by atoms with van der Waals surface area (Å²) in [5, 5.41) is 2.91. The standard InChI is InChI=1S/C14H17NO2/c16-14(15-12-5-6-12)9-17-13-7-4-10-2-1-3-11(10)8-13/h4,7-8,12H,1-3,5-6,9H2,(H,15,16). The molecule has 0 heterocycles. The minimum Gasteiger partial charge on any atom is -0.484 e. The van der Waals surface area contributed by atoms with E-state index in [0.717, 1.165) is 25.0 Å². The summed E-state index contributed by atoms with van der Waals surface area (Å²) >= 11 is 0. The fourth-order valence-electron chi connectivity index (χ4n) is 2.28. The van der Waals surface area contributed by atoms with Crippen LogP contribution in [0.5, 0.6) is 5.75 Å². The van der Waals surface area contributed by atoms with Gasteiger partial charge < -0.3 is 10.1 Å². The minimum atomic E-state index is -0.00648. The fraction of sp³-hybridized carbons (Fsp3) is 0.500. The number of hydrogen-bond acceptors (Lipinski definition) is 2. The molecule has 0 aliphatic heterocycles. The average molecular weight is 231 g/mol. The van der Waals surface area contributed by atoms with Gasteiger partial charge in [-0.25, -0.2) is 0 Å². The molecule has 0 atom stereocenters. The van der Waals surface area contributed by atoms with E-state index in [1.807, 2.05) is 6.07 Å². The van der Waals surface area contributed by atoms with Crippen LogP contribution in [-0.2, 0) is 17.6 Å². The molecule has 2 aliphatic rings. The van der Waals surface area contributed by atoms with Gasteiger partial charge in [0, 0.05) is 6.04 Å². The molecule has 2 aliphatic carbocycles. The third-order valence-electron chi connectivity index (χ3n) is 3.38. The zero-order valence-corrected chi connectivity index (χ0v) is 9.87. The first kappa shape index (κ1) is 10.6. The summed E-state index contributed by atoms with van der Waals surface area (Å²) in [5.74, 6) is 0.810. The van der Waals surface area contributed by atoms with Crippen molar-refractivity contribution in [3.8, 4) is 5.75 Å². The first-order valence-corrected chi connectivity index (χ1v) is 6.35. The minimum absolute atomic E-state index is 0.00648. The molecule has 0 bridgehead atoms. The van der Waals surface area contributed by atoms with E-state index in [-0.39, 0.29) is 12.5 Å². The Labute approximate surface area is 101 Å². The number of hydrogen-bond donors (Lipinski definition) is 1. The number of fused-ring (bicyclic) bond motifs is 1. The molecule has 1 fully saturated rings. The van der Waals surface area contributed by atoms with Gasteiger partial charge in [-0.2, -0.15) is 0 Å². The van der Waals surface area contributed by atoms with Crippen LogP contribution in [0.4, 0.5) is 0 Å². The van der Waals surface area contributed by atoms with Gasteiger partial charge in [0.15, 0.2) is 6.61 Å². The second kappa shape index (κ2) is 4.40. The normalized spacial score (nSPS) is 17.6. The Morgan fingerprint density at radius 2 is 2.12 bits per heavy atom. The maximum atomic E-state index is 11.5. The Hall–Kier alpha value is -1.51. The van der Waals surface area contributed by atoms with Crippen molar-refractivity contribution >= 4 is 5.91 Å². The van der Waals surface area contributed by atoms with Crippen molar-refractivity contribution in [2.75, 3.05) is 6.61 Å². The smallest absolute Gasteiger partial charge is 0.258 e. The number of aryl methyl sites for hydroxylation is 2. The summed E-state index contributed by atoms with van der Waals surface area (Å²) < 4.78 is 5.51. The summed E-state index contributed by atoms with van der Waals surface area (Å²) in [5.41, 5.74) is 2.81. The third-order valence-corrected chi connectivity index (χ3v) is 3.38. The molecule has 3 rings (SSSR count). The molecule has 90 valence electrons. The van der Waals surface area contributed by atoms with Crippen molar-refractivity contribution in [3.63, 3.8) is 0 Å². The molecule has 0 saturated heterocycles. The molecule has 3 heteroatoms. The summed E-state index contributed by atoms with van der Waals surface area (Å²) in [7, 11) is 0. The van der Waals surface area contributed by atoms with Crippen LogP contribution in [0.2, 0.25) is 0 Å². The number of benzene rings is 1. The van der Waals surface area contributed by atoms with E-state index in [2.05, 4.69) is 17.4 Å². The lowest BCUT2D eigenvalue weighted by Gasteiger charge is -2.08. The second-order valence-electron chi connectivity index (χ2n) is 4.91. The lowest BCUT2D eigenvalue weighted by atomic mass is 10.1. The second-order valence-corrected chi connectivity index (χ2v) is 4.91. The molecule has 0 aromatic heterocycles. The van der Waals surface area contributed by atoms with E-state index in [4.69, 9.17) is 4.74 Å². The van der Waals surface area contributed by atoms with Crippen LogP contribution < -0.4 is 10.1 Å². The largest absolute Gasteiger partial charge is 0.484 e. The molecule has 0 unspecified atom stereocenters. The number of carbonyl (C=O) groups excluding carboxylic acids is 1. The molecule has 1 aromatic carbocycles. The van der Waals surface area contributed by atoms with Gasteiger partial charge in [-0.1, -0.05) is 6.07 Å². The Morgan fingerprint density at radius 3 is 2.94 bits per heavy atom. The van der Waals surface area contributed by atoms with Crippen LogP contribution in [0, 0.1) is 0 Å². The van der Waals surface area contributed by atoms with Crippen molar-refractivity contribution in [2.24, 2.45) is 0 Å². The molecule has 1 N–H and O–H groups in total. The number of amides is 1. The first-order valence-electron chi connectivity index (χ1n) is 6.35. The molecular formula is C14H17NO2. The van der Waals surface area contributed by atoms with Gasteiger partial charge in [0.05, 0.1) is 0 Å². The molecular weight excluding hydrogens is 214 g/mol. The van der Waals surface area contributed by atoms with Crippen LogP contribution in [0.3, 0.4) is 0 Å². The van der Waals surface area contributed by atoms with Gasteiger partial charge in [-0.15, -0.1) is 0 Å². The summed E-state index contributed by atoms with van der Waals surface area (Å²) in [4.78, 5) is 11.5. The first-order chi connectivity index (χ1) is 8.31. The molecule has 1 saturated carbocycles. The fourth-order valence-corrected chi connectivity index (χ4v) is 2.28. The molecule has 17 heavy (non-hydrogen) atoms. The van der Waals surface area contributed by atoms with Crippen LogP contribution >= 0.6 is 0 Å². The highest BCUT2D eigenvalue weighted by atomic mass is 16.5. The summed E-state index contributed by atoms with van der Waals surface area (Å²) in [6, 6.07) is 6.57. The van der Waals surface area contributed by atoms with E-state index in [9.17, 15) is 4.79 Å². The maximum Gasteiger partial charge on any atom is 0.258 e. The van der Waals surface area contributed by atoms with Crippen molar-refractivity contribution in [1.82, 2.24) is 5.32 Å². The predicted octanol–water partition coefficient (Wildman–Crippen LogP) is 1.83. The molecule has 3 nitrogen and oxygen atoms in total. The Morgan fingerprint density at radius 1 is 1.29 bits per heavy atom. The highest BCUT2D eigenvalue weighted by molar-refractivity contribution is 5.78. The Kier molecular flexibility index (Phi) is 2.75. The van der Waals surface area contributed by atoms with Crippen molar-refractivity contribution in [2.45, 2.75) is 38.1 Å². The van der Waals surface area contributed by atoms with Crippen LogP contribution in [0.15, 0.2) is 18.2 Å². The molecule has 0 radical (unpaired) electrons. The Balaban J connectivity index is 1.55. The van der Waals surface area contributed by atoms with E-state index >= 15 is 0 Å². The van der Waals surface area contributed by atoms with Gasteiger partial charge in [0.25, 0.3) is 5.91 Å². The maximum absolute atomic E-state index is 11.5. The molecule has 1 aromatic rings. The van der Waals surface area contributed by atoms with Crippen LogP contribution in [-0.4, -0.2) is 18.6 Å². The summed E-state index contributed by atoms with van der Waals surface area (Å²) in [6.45, 7) is 0.134. The van der Waals surface area contributed by atoms with Gasteiger partial charge >= 0.3 is 0 Å². The quantitative estimate of drug-likeness (QED) is 0.858. The van der Waals surface area contributed by atoms with Crippen molar-refractivity contribution < 1.29 is 9.53 Å². The van der Waals surface area contributed by atoms with Crippen molar-refractivity contribution in [1.29, 1.82) is 0 Å². The van der Waals surface area contributed by atoms with Crippen LogP contribution in [0.25, 0.3) is 0 Å². The number of rotatable bonds is 4. The monoisotopic (exact) mass is 231 g/mol. The SMILES string of the molecule is O=C(COc1ccc2c(c1)CCC2)NC1CC1. The Bertz CT molecular complexity index is 438. The van der Waals surface area contributed by atoms with Crippen molar-refractivity contribution in [3.05, 3.63) is 29.3 Å². The number of carbonyl (C=O) groups is 1. The zero-order chi connectivity index (χ0) is 11.7. The average Bonchev–Trinajstić information content (AvgIpc) is 3.01. The van der Waals surface area contributed by atoms with Gasteiger partial charge in [-0.05, 0) is 55.4 Å².